The van der Waals surface area contributed by atoms with Crippen molar-refractivity contribution in [2.24, 2.45) is 5.73 Å². The monoisotopic (exact) mass is 141 g/mol. The van der Waals surface area contributed by atoms with Gasteiger partial charge >= 0.3 is 0 Å². The number of rotatable bonds is 5. The predicted octanol–water partition coefficient (Wildman–Crippen LogP) is 0.764. The zero-order chi connectivity index (χ0) is 7.82. The van der Waals surface area contributed by atoms with Gasteiger partial charge in [-0.2, -0.15) is 0 Å². The Labute approximate surface area is 62.7 Å². The van der Waals surface area contributed by atoms with Gasteiger partial charge in [0.15, 0.2) is 0 Å². The molecule has 0 rings (SSSR count). The lowest BCUT2D eigenvalue weighted by atomic mass is 10.2. The molecule has 0 aliphatic heterocycles. The molecule has 0 fully saturated rings. The molecule has 0 aromatic rings. The lowest BCUT2D eigenvalue weighted by molar-refractivity contribution is 0.122. The first-order valence-corrected chi connectivity index (χ1v) is 3.58. The fraction of sp³-hybridized carbons (Fsp3) is 0.750. The second kappa shape index (κ2) is 6.60. The van der Waals surface area contributed by atoms with E-state index in [1.807, 2.05) is 0 Å². The van der Waals surface area contributed by atoms with Gasteiger partial charge in [-0.3, -0.25) is 0 Å². The summed E-state index contributed by atoms with van der Waals surface area (Å²) < 4.78 is 5.18. The van der Waals surface area contributed by atoms with E-state index in [0.29, 0.717) is 13.0 Å². The maximum absolute atomic E-state index is 5.56. The summed E-state index contributed by atoms with van der Waals surface area (Å²) >= 11 is 0. The third-order valence-corrected chi connectivity index (χ3v) is 1.06. The van der Waals surface area contributed by atoms with Crippen LogP contribution in [0.5, 0.6) is 0 Å². The van der Waals surface area contributed by atoms with E-state index in [0.717, 1.165) is 13.0 Å². The zero-order valence-corrected chi connectivity index (χ0v) is 6.47. The third-order valence-electron chi connectivity index (χ3n) is 1.06. The van der Waals surface area contributed by atoms with Gasteiger partial charge in [-0.05, 0) is 6.42 Å². The maximum atomic E-state index is 5.56. The van der Waals surface area contributed by atoms with Crippen molar-refractivity contribution in [2.45, 2.75) is 25.8 Å². The van der Waals surface area contributed by atoms with E-state index in [4.69, 9.17) is 16.9 Å². The van der Waals surface area contributed by atoms with Crippen LogP contribution in [-0.4, -0.2) is 19.3 Å². The molecule has 0 aliphatic rings. The third kappa shape index (κ3) is 5.61. The van der Waals surface area contributed by atoms with Crippen LogP contribution < -0.4 is 5.73 Å². The Morgan fingerprint density at radius 1 is 1.70 bits per heavy atom. The largest absolute Gasteiger partial charge is 0.380 e. The molecule has 2 heteroatoms. The Balaban J connectivity index is 3.06. The summed E-state index contributed by atoms with van der Waals surface area (Å²) in [5, 5.41) is 0. The normalized spacial score (nSPS) is 12.5. The molecule has 0 aromatic heterocycles. The average Bonchev–Trinajstić information content (AvgIpc) is 1.89. The molecule has 0 radical (unpaired) electrons. The van der Waals surface area contributed by atoms with Gasteiger partial charge in [-0.25, -0.2) is 0 Å². The van der Waals surface area contributed by atoms with Gasteiger partial charge in [-0.1, -0.05) is 6.92 Å². The molecular weight excluding hydrogens is 126 g/mol. The minimum Gasteiger partial charge on any atom is -0.380 e. The fourth-order valence-electron chi connectivity index (χ4n) is 0.589. The van der Waals surface area contributed by atoms with Gasteiger partial charge in [0.05, 0.1) is 6.61 Å². The molecule has 0 heterocycles. The topological polar surface area (TPSA) is 35.2 Å². The van der Waals surface area contributed by atoms with Crippen molar-refractivity contribution in [2.75, 3.05) is 13.2 Å². The molecule has 2 N–H and O–H groups in total. The van der Waals surface area contributed by atoms with E-state index in [-0.39, 0.29) is 6.04 Å². The van der Waals surface area contributed by atoms with Gasteiger partial charge in [0.25, 0.3) is 0 Å². The quantitative estimate of drug-likeness (QED) is 0.453. The Morgan fingerprint density at radius 2 is 2.40 bits per heavy atom. The molecule has 0 bridgehead atoms. The highest BCUT2D eigenvalue weighted by Crippen LogP contribution is 1.88. The number of terminal acetylenes is 1. The van der Waals surface area contributed by atoms with E-state index < -0.39 is 0 Å². The summed E-state index contributed by atoms with van der Waals surface area (Å²) in [4.78, 5) is 0. The summed E-state index contributed by atoms with van der Waals surface area (Å²) in [6.07, 6.45) is 6.68. The Hall–Kier alpha value is -0.520. The van der Waals surface area contributed by atoms with Crippen LogP contribution in [0.2, 0.25) is 0 Å². The van der Waals surface area contributed by atoms with Gasteiger partial charge in [-0.15, -0.1) is 12.3 Å². The van der Waals surface area contributed by atoms with Crippen LogP contribution in [-0.2, 0) is 4.74 Å². The average molecular weight is 141 g/mol. The van der Waals surface area contributed by atoms with Gasteiger partial charge in [0.2, 0.25) is 0 Å². The van der Waals surface area contributed by atoms with E-state index in [2.05, 4.69) is 12.8 Å². The van der Waals surface area contributed by atoms with E-state index in [1.54, 1.807) is 0 Å². The first-order chi connectivity index (χ1) is 4.81. The molecule has 1 unspecified atom stereocenters. The minimum atomic E-state index is 0.0107. The molecule has 0 aromatic carbocycles. The molecule has 2 nitrogen and oxygen atoms in total. The van der Waals surface area contributed by atoms with Crippen LogP contribution >= 0.6 is 0 Å². The second-order valence-electron chi connectivity index (χ2n) is 2.24. The smallest absolute Gasteiger partial charge is 0.0626 e. The Morgan fingerprint density at radius 3 is 2.90 bits per heavy atom. The van der Waals surface area contributed by atoms with Crippen LogP contribution in [0.25, 0.3) is 0 Å². The molecule has 0 spiro atoms. The molecule has 0 amide bonds. The Bertz CT molecular complexity index is 106. The van der Waals surface area contributed by atoms with Crippen molar-refractivity contribution in [1.82, 2.24) is 0 Å². The van der Waals surface area contributed by atoms with Gasteiger partial charge in [0, 0.05) is 19.1 Å². The predicted molar refractivity (Wildman–Crippen MR) is 42.5 cm³/mol. The maximum Gasteiger partial charge on any atom is 0.0626 e. The Kier molecular flexibility index (Phi) is 6.25. The first kappa shape index (κ1) is 9.48. The molecule has 0 saturated carbocycles. The number of hydrogen-bond acceptors (Lipinski definition) is 2. The lowest BCUT2D eigenvalue weighted by Crippen LogP contribution is -2.25. The van der Waals surface area contributed by atoms with Crippen LogP contribution in [0.3, 0.4) is 0 Å². The van der Waals surface area contributed by atoms with Crippen molar-refractivity contribution in [3.05, 3.63) is 0 Å². The summed E-state index contributed by atoms with van der Waals surface area (Å²) in [7, 11) is 0. The van der Waals surface area contributed by atoms with E-state index >= 15 is 0 Å². The molecule has 58 valence electrons. The summed E-state index contributed by atoms with van der Waals surface area (Å²) in [5.41, 5.74) is 5.56. The standard InChI is InChI=1S/C8H15NO/c1-3-5-8(9)7-10-6-4-2/h1,8H,4-7,9H2,2H3. The van der Waals surface area contributed by atoms with Crippen molar-refractivity contribution in [1.29, 1.82) is 0 Å². The van der Waals surface area contributed by atoms with Gasteiger partial charge < -0.3 is 10.5 Å². The highest BCUT2D eigenvalue weighted by molar-refractivity contribution is 4.88. The van der Waals surface area contributed by atoms with Gasteiger partial charge in [0.1, 0.15) is 0 Å². The first-order valence-electron chi connectivity index (χ1n) is 3.58. The van der Waals surface area contributed by atoms with E-state index in [1.165, 1.54) is 0 Å². The molecule has 1 atom stereocenters. The van der Waals surface area contributed by atoms with Crippen LogP contribution in [0, 0.1) is 12.3 Å². The summed E-state index contributed by atoms with van der Waals surface area (Å²) in [6.45, 7) is 3.42. The number of nitrogens with two attached hydrogens (primary N) is 1. The molecule has 0 aliphatic carbocycles. The van der Waals surface area contributed by atoms with Crippen molar-refractivity contribution in [3.8, 4) is 12.3 Å². The number of ether oxygens (including phenoxy) is 1. The van der Waals surface area contributed by atoms with Crippen molar-refractivity contribution in [3.63, 3.8) is 0 Å². The SMILES string of the molecule is C#CCC(N)COCCC. The highest BCUT2D eigenvalue weighted by atomic mass is 16.5. The van der Waals surface area contributed by atoms with Crippen LogP contribution in [0.15, 0.2) is 0 Å². The summed E-state index contributed by atoms with van der Waals surface area (Å²) in [6, 6.07) is 0.0107. The van der Waals surface area contributed by atoms with Crippen molar-refractivity contribution < 1.29 is 4.74 Å². The number of hydrogen-bond donors (Lipinski definition) is 1. The lowest BCUT2D eigenvalue weighted by Gasteiger charge is -2.07. The zero-order valence-electron chi connectivity index (χ0n) is 6.47. The van der Waals surface area contributed by atoms with E-state index in [9.17, 15) is 0 Å². The minimum absolute atomic E-state index is 0.0107. The highest BCUT2D eigenvalue weighted by Gasteiger charge is 1.97. The molecule has 0 saturated heterocycles. The fourth-order valence-corrected chi connectivity index (χ4v) is 0.589. The van der Waals surface area contributed by atoms with Crippen LogP contribution in [0.1, 0.15) is 19.8 Å². The molecule has 10 heavy (non-hydrogen) atoms. The van der Waals surface area contributed by atoms with Crippen LogP contribution in [0.4, 0.5) is 0 Å². The molecular formula is C8H15NO. The van der Waals surface area contributed by atoms with Crippen molar-refractivity contribution >= 4 is 0 Å². The second-order valence-corrected chi connectivity index (χ2v) is 2.24. The summed E-state index contributed by atoms with van der Waals surface area (Å²) in [5.74, 6) is 2.49.